The Hall–Kier alpha value is -3.43. The quantitative estimate of drug-likeness (QED) is 0.557. The summed E-state index contributed by atoms with van der Waals surface area (Å²) < 4.78 is 30.4. The summed E-state index contributed by atoms with van der Waals surface area (Å²) in [4.78, 5) is 24.4. The molecular formula is C20H19F2N7O. The molecule has 30 heavy (non-hydrogen) atoms. The standard InChI is InChI=1S/C20H19F2N7O/c21-20(22)6-4-13(5-7-20)29-18-14(12-25-29)19(30)27-17(26-18)11-15-16(3-1-8-23-15)28-10-2-9-24-28/h1-3,8-10,12-13H,4-7,11H2,(H,26,27,30). The number of aromatic nitrogens is 7. The zero-order valence-electron chi connectivity index (χ0n) is 16.0. The van der Waals surface area contributed by atoms with Crippen LogP contribution in [0.5, 0.6) is 0 Å². The number of hydrogen-bond acceptors (Lipinski definition) is 5. The summed E-state index contributed by atoms with van der Waals surface area (Å²) in [5.74, 6) is -2.19. The van der Waals surface area contributed by atoms with Gasteiger partial charge in [0.25, 0.3) is 5.56 Å². The summed E-state index contributed by atoms with van der Waals surface area (Å²) >= 11 is 0. The smallest absolute Gasteiger partial charge is 0.262 e. The van der Waals surface area contributed by atoms with Crippen LogP contribution < -0.4 is 5.56 Å². The summed E-state index contributed by atoms with van der Waals surface area (Å²) in [6.07, 6.45) is 7.14. The van der Waals surface area contributed by atoms with Crippen molar-refractivity contribution in [1.29, 1.82) is 0 Å². The van der Waals surface area contributed by atoms with Gasteiger partial charge in [0.15, 0.2) is 5.65 Å². The van der Waals surface area contributed by atoms with Crippen molar-refractivity contribution in [3.63, 3.8) is 0 Å². The van der Waals surface area contributed by atoms with E-state index in [9.17, 15) is 13.6 Å². The van der Waals surface area contributed by atoms with E-state index in [0.717, 1.165) is 5.69 Å². The molecule has 0 bridgehead atoms. The van der Waals surface area contributed by atoms with Crippen LogP contribution in [-0.2, 0) is 6.42 Å². The fourth-order valence-electron chi connectivity index (χ4n) is 3.95. The molecule has 1 aliphatic rings. The highest BCUT2D eigenvalue weighted by atomic mass is 19.3. The highest BCUT2D eigenvalue weighted by molar-refractivity contribution is 5.73. The predicted octanol–water partition coefficient (Wildman–Crippen LogP) is 3.04. The Morgan fingerprint density at radius 2 is 2.00 bits per heavy atom. The highest BCUT2D eigenvalue weighted by Crippen LogP contribution is 2.38. The number of nitrogens with zero attached hydrogens (tertiary/aromatic N) is 6. The largest absolute Gasteiger partial charge is 0.310 e. The lowest BCUT2D eigenvalue weighted by Gasteiger charge is -2.28. The zero-order chi connectivity index (χ0) is 20.7. The van der Waals surface area contributed by atoms with Gasteiger partial charge in [-0.1, -0.05) is 0 Å². The molecule has 1 aliphatic carbocycles. The third kappa shape index (κ3) is 3.38. The van der Waals surface area contributed by atoms with Crippen LogP contribution in [-0.4, -0.2) is 40.4 Å². The van der Waals surface area contributed by atoms with Crippen LogP contribution in [0.2, 0.25) is 0 Å². The summed E-state index contributed by atoms with van der Waals surface area (Å²) in [6, 6.07) is 5.32. The van der Waals surface area contributed by atoms with E-state index in [0.29, 0.717) is 35.4 Å². The minimum atomic E-state index is -2.63. The number of alkyl halides is 2. The van der Waals surface area contributed by atoms with Gasteiger partial charge in [0.05, 0.1) is 30.0 Å². The fraction of sp³-hybridized carbons (Fsp3) is 0.350. The summed E-state index contributed by atoms with van der Waals surface area (Å²) in [7, 11) is 0. The lowest BCUT2D eigenvalue weighted by atomic mass is 9.92. The van der Waals surface area contributed by atoms with Crippen molar-refractivity contribution in [2.24, 2.45) is 0 Å². The van der Waals surface area contributed by atoms with E-state index in [4.69, 9.17) is 0 Å². The Balaban J connectivity index is 1.51. The molecule has 0 aliphatic heterocycles. The van der Waals surface area contributed by atoms with Gasteiger partial charge < -0.3 is 4.98 Å². The molecule has 0 aromatic carbocycles. The van der Waals surface area contributed by atoms with E-state index < -0.39 is 5.92 Å². The summed E-state index contributed by atoms with van der Waals surface area (Å²) in [5, 5.41) is 8.89. The van der Waals surface area contributed by atoms with Gasteiger partial charge in [0, 0.05) is 31.4 Å². The average molecular weight is 411 g/mol. The normalized spacial score (nSPS) is 16.9. The van der Waals surface area contributed by atoms with Gasteiger partial charge in [-0.05, 0) is 31.0 Å². The van der Waals surface area contributed by atoms with Gasteiger partial charge in [0.1, 0.15) is 11.2 Å². The first-order valence-electron chi connectivity index (χ1n) is 9.78. The summed E-state index contributed by atoms with van der Waals surface area (Å²) in [5.41, 5.74) is 1.60. The van der Waals surface area contributed by atoms with Crippen molar-refractivity contribution < 1.29 is 8.78 Å². The highest BCUT2D eigenvalue weighted by Gasteiger charge is 2.36. The molecule has 4 aromatic rings. The number of rotatable bonds is 4. The SMILES string of the molecule is O=c1[nH]c(Cc2ncccc2-n2cccn2)nc2c1cnn2C1CCC(F)(F)CC1. The third-order valence-corrected chi connectivity index (χ3v) is 5.50. The minimum Gasteiger partial charge on any atom is -0.310 e. The van der Waals surface area contributed by atoms with Crippen molar-refractivity contribution in [3.8, 4) is 5.69 Å². The van der Waals surface area contributed by atoms with Gasteiger partial charge >= 0.3 is 0 Å². The van der Waals surface area contributed by atoms with E-state index in [-0.39, 0.29) is 30.9 Å². The molecule has 154 valence electrons. The Bertz CT molecular complexity index is 1240. The third-order valence-electron chi connectivity index (χ3n) is 5.50. The van der Waals surface area contributed by atoms with Gasteiger partial charge in [-0.15, -0.1) is 0 Å². The van der Waals surface area contributed by atoms with Crippen LogP contribution in [0.25, 0.3) is 16.7 Å². The zero-order valence-corrected chi connectivity index (χ0v) is 16.0. The van der Waals surface area contributed by atoms with Crippen LogP contribution >= 0.6 is 0 Å². The first-order chi connectivity index (χ1) is 14.5. The molecule has 8 nitrogen and oxygen atoms in total. The minimum absolute atomic E-state index is 0.184. The van der Waals surface area contributed by atoms with E-state index >= 15 is 0 Å². The Morgan fingerprint density at radius 3 is 2.77 bits per heavy atom. The van der Waals surface area contributed by atoms with Crippen LogP contribution in [0.1, 0.15) is 43.2 Å². The molecule has 0 atom stereocenters. The molecule has 1 N–H and O–H groups in total. The predicted molar refractivity (Wildman–Crippen MR) is 105 cm³/mol. The molecule has 10 heteroatoms. The van der Waals surface area contributed by atoms with Crippen molar-refractivity contribution in [3.05, 3.63) is 64.9 Å². The first-order valence-corrected chi connectivity index (χ1v) is 9.78. The number of aromatic amines is 1. The summed E-state index contributed by atoms with van der Waals surface area (Å²) in [6.45, 7) is 0. The maximum atomic E-state index is 13.5. The number of nitrogens with one attached hydrogen (secondary N) is 1. The molecular weight excluding hydrogens is 392 g/mol. The number of hydrogen-bond donors (Lipinski definition) is 1. The lowest BCUT2D eigenvalue weighted by Crippen LogP contribution is -2.27. The molecule has 4 heterocycles. The molecule has 1 fully saturated rings. The first kappa shape index (κ1) is 18.6. The molecule has 1 saturated carbocycles. The van der Waals surface area contributed by atoms with Crippen LogP contribution in [0.3, 0.4) is 0 Å². The second kappa shape index (κ2) is 7.12. The van der Waals surface area contributed by atoms with Crippen LogP contribution in [0.15, 0.2) is 47.8 Å². The second-order valence-electron chi connectivity index (χ2n) is 7.52. The molecule has 0 amide bonds. The van der Waals surface area contributed by atoms with E-state index in [1.165, 1.54) is 6.20 Å². The molecule has 4 aromatic heterocycles. The monoisotopic (exact) mass is 411 g/mol. The van der Waals surface area contributed by atoms with Crippen molar-refractivity contribution in [1.82, 2.24) is 34.5 Å². The topological polar surface area (TPSA) is 94.3 Å². The Kier molecular flexibility index (Phi) is 4.41. The molecule has 0 radical (unpaired) electrons. The average Bonchev–Trinajstić information content (AvgIpc) is 3.39. The Labute approximate surface area is 169 Å². The Morgan fingerprint density at radius 1 is 1.17 bits per heavy atom. The molecule has 5 rings (SSSR count). The van der Waals surface area contributed by atoms with Gasteiger partial charge in [0.2, 0.25) is 5.92 Å². The maximum Gasteiger partial charge on any atom is 0.262 e. The van der Waals surface area contributed by atoms with E-state index in [1.807, 2.05) is 24.4 Å². The number of halogens is 2. The molecule has 0 spiro atoms. The molecule has 0 unspecified atom stereocenters. The van der Waals surface area contributed by atoms with Crippen molar-refractivity contribution in [2.45, 2.75) is 44.1 Å². The van der Waals surface area contributed by atoms with Crippen molar-refractivity contribution in [2.75, 3.05) is 0 Å². The van der Waals surface area contributed by atoms with Crippen LogP contribution in [0.4, 0.5) is 8.78 Å². The van der Waals surface area contributed by atoms with E-state index in [2.05, 4.69) is 25.1 Å². The van der Waals surface area contributed by atoms with Crippen molar-refractivity contribution >= 4 is 11.0 Å². The maximum absolute atomic E-state index is 13.5. The molecule has 0 saturated heterocycles. The lowest BCUT2D eigenvalue weighted by molar-refractivity contribution is -0.0446. The fourth-order valence-corrected chi connectivity index (χ4v) is 3.95. The van der Waals surface area contributed by atoms with Gasteiger partial charge in [-0.25, -0.2) is 23.1 Å². The van der Waals surface area contributed by atoms with Gasteiger partial charge in [-0.3, -0.25) is 9.78 Å². The second-order valence-corrected chi connectivity index (χ2v) is 7.52. The van der Waals surface area contributed by atoms with Gasteiger partial charge in [-0.2, -0.15) is 10.2 Å². The van der Waals surface area contributed by atoms with Crippen LogP contribution in [0, 0.1) is 0 Å². The number of fused-ring (bicyclic) bond motifs is 1. The van der Waals surface area contributed by atoms with E-state index in [1.54, 1.807) is 21.8 Å². The number of pyridine rings is 1. The number of H-pyrrole nitrogens is 1.